The van der Waals surface area contributed by atoms with Gasteiger partial charge in [0.25, 0.3) is 0 Å². The van der Waals surface area contributed by atoms with E-state index in [1.807, 2.05) is 34.1 Å². The van der Waals surface area contributed by atoms with Gasteiger partial charge in [-0.2, -0.15) is 0 Å². The summed E-state index contributed by atoms with van der Waals surface area (Å²) in [4.78, 5) is 29.6. The Kier molecular flexibility index (Phi) is 5.68. The summed E-state index contributed by atoms with van der Waals surface area (Å²) < 4.78 is 6.43. The van der Waals surface area contributed by atoms with Crippen molar-refractivity contribution in [3.8, 4) is 0 Å². The molecule has 0 spiro atoms. The van der Waals surface area contributed by atoms with E-state index < -0.39 is 0 Å². The van der Waals surface area contributed by atoms with Crippen LogP contribution < -0.4 is 5.32 Å². The van der Waals surface area contributed by atoms with Gasteiger partial charge in [-0.1, -0.05) is 22.0 Å². The van der Waals surface area contributed by atoms with Crippen LogP contribution in [0.1, 0.15) is 32.1 Å². The smallest absolute Gasteiger partial charge is 0.322 e. The Labute approximate surface area is 168 Å². The summed E-state index contributed by atoms with van der Waals surface area (Å²) >= 11 is 3.45. The summed E-state index contributed by atoms with van der Waals surface area (Å²) in [5.41, 5.74) is 0.773. The van der Waals surface area contributed by atoms with Crippen molar-refractivity contribution in [3.05, 3.63) is 28.7 Å². The number of urea groups is 1. The molecule has 4 rings (SSSR count). The lowest BCUT2D eigenvalue weighted by Gasteiger charge is -2.38. The molecule has 1 N–H and O–H groups in total. The van der Waals surface area contributed by atoms with E-state index >= 15 is 0 Å². The molecular weight excluding hydrogens is 410 g/mol. The predicted octanol–water partition coefficient (Wildman–Crippen LogP) is 3.47. The van der Waals surface area contributed by atoms with Gasteiger partial charge in [0, 0.05) is 48.4 Å². The number of hydrogen-bond donors (Lipinski definition) is 1. The number of halogens is 1. The standard InChI is InChI=1S/C20H26BrN3O3/c21-15-2-1-3-16(12-15)22-20(26)24(17-7-10-27-11-8-17)18-6-9-23(13-18)19(25)14-4-5-14/h1-3,12,14,17-18H,4-11,13H2,(H,22,26). The number of carbonyl (C=O) groups excluding carboxylic acids is 2. The van der Waals surface area contributed by atoms with Crippen molar-refractivity contribution in [3.63, 3.8) is 0 Å². The number of carbonyl (C=O) groups is 2. The molecule has 3 aliphatic rings. The van der Waals surface area contributed by atoms with Crippen molar-refractivity contribution in [2.75, 3.05) is 31.6 Å². The van der Waals surface area contributed by atoms with Crippen LogP contribution in [0.3, 0.4) is 0 Å². The zero-order valence-electron chi connectivity index (χ0n) is 15.4. The van der Waals surface area contributed by atoms with Gasteiger partial charge >= 0.3 is 6.03 Å². The SMILES string of the molecule is O=C(C1CC1)N1CCC(N(C(=O)Nc2cccc(Br)c2)C2CCOCC2)C1. The van der Waals surface area contributed by atoms with Crippen LogP contribution in [-0.2, 0) is 9.53 Å². The van der Waals surface area contributed by atoms with Crippen molar-refractivity contribution >= 4 is 33.6 Å². The molecule has 1 aromatic rings. The molecule has 0 bridgehead atoms. The third kappa shape index (κ3) is 4.46. The molecule has 146 valence electrons. The summed E-state index contributed by atoms with van der Waals surface area (Å²) in [5.74, 6) is 0.507. The number of benzene rings is 1. The molecule has 7 heteroatoms. The van der Waals surface area contributed by atoms with Crippen LogP contribution >= 0.6 is 15.9 Å². The van der Waals surface area contributed by atoms with Crippen molar-refractivity contribution in [1.82, 2.24) is 9.80 Å². The number of rotatable bonds is 4. The molecule has 2 saturated heterocycles. The van der Waals surface area contributed by atoms with E-state index in [-0.39, 0.29) is 29.9 Å². The fourth-order valence-electron chi connectivity index (χ4n) is 4.10. The lowest BCUT2D eigenvalue weighted by atomic mass is 10.0. The van der Waals surface area contributed by atoms with Gasteiger partial charge in [-0.05, 0) is 50.3 Å². The first-order chi connectivity index (χ1) is 13.1. The maximum Gasteiger partial charge on any atom is 0.322 e. The molecule has 1 atom stereocenters. The van der Waals surface area contributed by atoms with E-state index in [2.05, 4.69) is 21.2 Å². The lowest BCUT2D eigenvalue weighted by Crippen LogP contribution is -2.52. The van der Waals surface area contributed by atoms with Crippen LogP contribution in [0.2, 0.25) is 0 Å². The molecule has 2 aliphatic heterocycles. The van der Waals surface area contributed by atoms with Crippen LogP contribution in [-0.4, -0.2) is 60.1 Å². The van der Waals surface area contributed by atoms with E-state index in [1.54, 1.807) is 0 Å². The monoisotopic (exact) mass is 435 g/mol. The van der Waals surface area contributed by atoms with Gasteiger partial charge < -0.3 is 19.9 Å². The van der Waals surface area contributed by atoms with Crippen molar-refractivity contribution in [1.29, 1.82) is 0 Å². The quantitative estimate of drug-likeness (QED) is 0.787. The number of hydrogen-bond acceptors (Lipinski definition) is 3. The van der Waals surface area contributed by atoms with Crippen molar-refractivity contribution in [2.24, 2.45) is 5.92 Å². The first kappa shape index (κ1) is 18.7. The molecule has 1 unspecified atom stereocenters. The molecule has 27 heavy (non-hydrogen) atoms. The molecule has 2 heterocycles. The van der Waals surface area contributed by atoms with Crippen molar-refractivity contribution in [2.45, 2.75) is 44.2 Å². The van der Waals surface area contributed by atoms with Crippen LogP contribution in [0, 0.1) is 5.92 Å². The van der Waals surface area contributed by atoms with Crippen LogP contribution in [0.25, 0.3) is 0 Å². The summed E-state index contributed by atoms with van der Waals surface area (Å²) in [7, 11) is 0. The van der Waals surface area contributed by atoms with Gasteiger partial charge in [0.2, 0.25) is 5.91 Å². The second kappa shape index (κ2) is 8.19. The maximum atomic E-state index is 13.2. The molecule has 1 aromatic carbocycles. The zero-order valence-corrected chi connectivity index (χ0v) is 17.0. The summed E-state index contributed by atoms with van der Waals surface area (Å²) in [5, 5.41) is 3.05. The topological polar surface area (TPSA) is 61.9 Å². The fourth-order valence-corrected chi connectivity index (χ4v) is 4.50. The van der Waals surface area contributed by atoms with Gasteiger partial charge in [0.1, 0.15) is 0 Å². The Morgan fingerprint density at radius 3 is 2.59 bits per heavy atom. The Hall–Kier alpha value is -1.60. The minimum Gasteiger partial charge on any atom is -0.381 e. The Morgan fingerprint density at radius 1 is 1.11 bits per heavy atom. The average Bonchev–Trinajstić information content (AvgIpc) is 3.41. The second-order valence-corrected chi connectivity index (χ2v) is 8.61. The Bertz CT molecular complexity index is 703. The molecule has 1 aliphatic carbocycles. The van der Waals surface area contributed by atoms with Gasteiger partial charge in [0.05, 0.1) is 6.04 Å². The summed E-state index contributed by atoms with van der Waals surface area (Å²) in [6.45, 7) is 2.77. The number of nitrogens with zero attached hydrogens (tertiary/aromatic N) is 2. The predicted molar refractivity (Wildman–Crippen MR) is 107 cm³/mol. The first-order valence-corrected chi connectivity index (χ1v) is 10.6. The molecule has 3 fully saturated rings. The van der Waals surface area contributed by atoms with E-state index in [9.17, 15) is 9.59 Å². The summed E-state index contributed by atoms with van der Waals surface area (Å²) in [6, 6.07) is 7.79. The van der Waals surface area contributed by atoms with Gasteiger partial charge in [0.15, 0.2) is 0 Å². The number of anilines is 1. The number of nitrogens with one attached hydrogen (secondary N) is 1. The zero-order chi connectivity index (χ0) is 18.8. The third-order valence-corrected chi connectivity index (χ3v) is 6.18. The van der Waals surface area contributed by atoms with Gasteiger partial charge in [-0.15, -0.1) is 0 Å². The first-order valence-electron chi connectivity index (χ1n) is 9.83. The highest BCUT2D eigenvalue weighted by molar-refractivity contribution is 9.10. The number of ether oxygens (including phenoxy) is 1. The Morgan fingerprint density at radius 2 is 1.89 bits per heavy atom. The fraction of sp³-hybridized carbons (Fsp3) is 0.600. The van der Waals surface area contributed by atoms with Crippen LogP contribution in [0.5, 0.6) is 0 Å². The van der Waals surface area contributed by atoms with Gasteiger partial charge in [-0.25, -0.2) is 4.79 Å². The average molecular weight is 436 g/mol. The Balaban J connectivity index is 1.48. The highest BCUT2D eigenvalue weighted by Gasteiger charge is 2.41. The highest BCUT2D eigenvalue weighted by atomic mass is 79.9. The van der Waals surface area contributed by atoms with Crippen LogP contribution in [0.15, 0.2) is 28.7 Å². The van der Waals surface area contributed by atoms with Crippen LogP contribution in [0.4, 0.5) is 10.5 Å². The molecular formula is C20H26BrN3O3. The maximum absolute atomic E-state index is 13.2. The summed E-state index contributed by atoms with van der Waals surface area (Å²) in [6.07, 6.45) is 4.58. The molecule has 0 aromatic heterocycles. The van der Waals surface area contributed by atoms with Crippen molar-refractivity contribution < 1.29 is 14.3 Å². The molecule has 6 nitrogen and oxygen atoms in total. The normalized spacial score (nSPS) is 23.3. The van der Waals surface area contributed by atoms with E-state index in [4.69, 9.17) is 4.74 Å². The highest BCUT2D eigenvalue weighted by Crippen LogP contribution is 2.33. The second-order valence-electron chi connectivity index (χ2n) is 7.69. The molecule has 1 saturated carbocycles. The van der Waals surface area contributed by atoms with Gasteiger partial charge in [-0.3, -0.25) is 4.79 Å². The minimum atomic E-state index is -0.0780. The van der Waals surface area contributed by atoms with E-state index in [1.165, 1.54) is 0 Å². The number of amides is 3. The van der Waals surface area contributed by atoms with E-state index in [0.717, 1.165) is 48.8 Å². The minimum absolute atomic E-state index is 0.0722. The largest absolute Gasteiger partial charge is 0.381 e. The molecule has 0 radical (unpaired) electrons. The van der Waals surface area contributed by atoms with E-state index in [0.29, 0.717) is 19.8 Å². The lowest BCUT2D eigenvalue weighted by molar-refractivity contribution is -0.131. The number of likely N-dealkylation sites (tertiary alicyclic amines) is 1. The molecule has 3 amide bonds. The third-order valence-electron chi connectivity index (χ3n) is 5.69.